The van der Waals surface area contributed by atoms with Crippen LogP contribution in [0.2, 0.25) is 0 Å². The summed E-state index contributed by atoms with van der Waals surface area (Å²) < 4.78 is 8.04. The van der Waals surface area contributed by atoms with E-state index in [1.54, 1.807) is 4.57 Å². The number of aryl methyl sites for hydroxylation is 1. The van der Waals surface area contributed by atoms with Crippen molar-refractivity contribution in [1.29, 1.82) is 0 Å². The Morgan fingerprint density at radius 3 is 2.54 bits per heavy atom. The Morgan fingerprint density at radius 1 is 1.31 bits per heavy atom. The van der Waals surface area contributed by atoms with Crippen LogP contribution in [0.15, 0.2) is 39.5 Å². The first-order valence-corrected chi connectivity index (χ1v) is 9.48. The molecule has 2 aromatic rings. The highest BCUT2D eigenvalue weighted by Gasteiger charge is 2.37. The zero-order chi connectivity index (χ0) is 19.3. The van der Waals surface area contributed by atoms with Gasteiger partial charge < -0.3 is 19.7 Å². The fourth-order valence-corrected chi connectivity index (χ4v) is 3.17. The molecule has 140 valence electrons. The predicted molar refractivity (Wildman–Crippen MR) is 103 cm³/mol. The topological polar surface area (TPSA) is 93.5 Å². The summed E-state index contributed by atoms with van der Waals surface area (Å²) in [6, 6.07) is 9.16. The Labute approximate surface area is 168 Å². The molecule has 9 heteroatoms. The molecule has 1 amide bonds. The summed E-state index contributed by atoms with van der Waals surface area (Å²) in [4.78, 5) is 28.3. The molecule has 0 aliphatic carbocycles. The molecule has 0 bridgehead atoms. The molecule has 1 unspecified atom stereocenters. The average molecular weight is 489 g/mol. The predicted octanol–water partition coefficient (Wildman–Crippen LogP) is 3.74. The van der Waals surface area contributed by atoms with Crippen LogP contribution in [-0.4, -0.2) is 32.3 Å². The van der Waals surface area contributed by atoms with Crippen LogP contribution in [0.4, 0.5) is 4.79 Å². The molecule has 26 heavy (non-hydrogen) atoms. The van der Waals surface area contributed by atoms with Crippen molar-refractivity contribution >= 4 is 43.9 Å². The molecule has 1 atom stereocenters. The van der Waals surface area contributed by atoms with Crippen molar-refractivity contribution < 1.29 is 19.4 Å². The molecule has 2 N–H and O–H groups in total. The quantitative estimate of drug-likeness (QED) is 0.619. The number of carbonyl (C=O) groups is 2. The van der Waals surface area contributed by atoms with Gasteiger partial charge in [-0.1, -0.05) is 37.3 Å². The summed E-state index contributed by atoms with van der Waals surface area (Å²) in [5, 5.41) is 12.1. The van der Waals surface area contributed by atoms with Gasteiger partial charge in [-0.25, -0.2) is 14.6 Å². The van der Waals surface area contributed by atoms with Crippen molar-refractivity contribution in [1.82, 2.24) is 14.9 Å². The molecule has 0 radical (unpaired) electrons. The first kappa shape index (κ1) is 20.4. The summed E-state index contributed by atoms with van der Waals surface area (Å²) in [7, 11) is 0. The van der Waals surface area contributed by atoms with Crippen molar-refractivity contribution in [3.8, 4) is 0 Å². The van der Waals surface area contributed by atoms with Crippen molar-refractivity contribution in [2.75, 3.05) is 0 Å². The smallest absolute Gasteiger partial charge is 0.408 e. The van der Waals surface area contributed by atoms with E-state index in [4.69, 9.17) is 4.74 Å². The van der Waals surface area contributed by atoms with Gasteiger partial charge in [0, 0.05) is 6.42 Å². The number of hydrogen-bond acceptors (Lipinski definition) is 4. The van der Waals surface area contributed by atoms with Gasteiger partial charge in [-0.05, 0) is 44.3 Å². The molecule has 0 aliphatic rings. The monoisotopic (exact) mass is 487 g/mol. The maximum atomic E-state index is 12.1. The van der Waals surface area contributed by atoms with Crippen LogP contribution in [0, 0.1) is 0 Å². The highest BCUT2D eigenvalue weighted by atomic mass is 79.9. The maximum absolute atomic E-state index is 12.1. The van der Waals surface area contributed by atoms with E-state index >= 15 is 0 Å². The third kappa shape index (κ3) is 4.85. The number of benzene rings is 1. The van der Waals surface area contributed by atoms with Gasteiger partial charge in [-0.15, -0.1) is 0 Å². The van der Waals surface area contributed by atoms with Crippen LogP contribution in [-0.2, 0) is 29.1 Å². The number of imidazole rings is 1. The molecule has 0 aliphatic heterocycles. The Morgan fingerprint density at radius 2 is 1.96 bits per heavy atom. The van der Waals surface area contributed by atoms with Gasteiger partial charge in [0.25, 0.3) is 0 Å². The fraction of sp³-hybridized carbons (Fsp3) is 0.353. The SMILES string of the molecule is CCc1nc(Br)c(Br)n1CC(C)(NC(=O)OCc1ccccc1)C(=O)O. The van der Waals surface area contributed by atoms with Crippen molar-refractivity contribution in [3.05, 3.63) is 50.9 Å². The lowest BCUT2D eigenvalue weighted by Crippen LogP contribution is -2.55. The summed E-state index contributed by atoms with van der Waals surface area (Å²) in [6.07, 6.45) is -0.190. The zero-order valence-electron chi connectivity index (χ0n) is 14.3. The van der Waals surface area contributed by atoms with Gasteiger partial charge >= 0.3 is 12.1 Å². The number of hydrogen-bond donors (Lipinski definition) is 2. The number of aromatic nitrogens is 2. The van der Waals surface area contributed by atoms with E-state index in [9.17, 15) is 14.7 Å². The highest BCUT2D eigenvalue weighted by Crippen LogP contribution is 2.26. The van der Waals surface area contributed by atoms with E-state index in [-0.39, 0.29) is 13.2 Å². The van der Waals surface area contributed by atoms with Gasteiger partial charge in [-0.3, -0.25) is 0 Å². The molecule has 1 heterocycles. The van der Waals surface area contributed by atoms with Crippen molar-refractivity contribution in [3.63, 3.8) is 0 Å². The number of halogens is 2. The number of carboxylic acid groups (broad SMARTS) is 1. The molecule has 0 saturated heterocycles. The second-order valence-electron chi connectivity index (χ2n) is 5.87. The van der Waals surface area contributed by atoms with Crippen molar-refractivity contribution in [2.24, 2.45) is 0 Å². The molecule has 0 fully saturated rings. The lowest BCUT2D eigenvalue weighted by molar-refractivity contribution is -0.144. The number of rotatable bonds is 7. The number of nitrogens with one attached hydrogen (secondary N) is 1. The van der Waals surface area contributed by atoms with Gasteiger partial charge in [0.1, 0.15) is 21.6 Å². The van der Waals surface area contributed by atoms with Crippen molar-refractivity contribution in [2.45, 2.75) is 39.0 Å². The number of carboxylic acids is 1. The third-order valence-electron chi connectivity index (χ3n) is 3.80. The van der Waals surface area contributed by atoms with E-state index in [0.717, 1.165) is 5.56 Å². The first-order valence-electron chi connectivity index (χ1n) is 7.89. The summed E-state index contributed by atoms with van der Waals surface area (Å²) in [5.41, 5.74) is -0.755. The van der Waals surface area contributed by atoms with Crippen LogP contribution >= 0.6 is 31.9 Å². The molecule has 0 saturated carbocycles. The summed E-state index contributed by atoms with van der Waals surface area (Å²) >= 11 is 6.70. The Bertz CT molecular complexity index is 795. The summed E-state index contributed by atoms with van der Waals surface area (Å²) in [6.45, 7) is 3.39. The van der Waals surface area contributed by atoms with E-state index in [1.807, 2.05) is 37.3 Å². The minimum absolute atomic E-state index is 0.00880. The van der Waals surface area contributed by atoms with Gasteiger partial charge in [0.15, 0.2) is 5.54 Å². The van der Waals surface area contributed by atoms with Crippen LogP contribution in [0.25, 0.3) is 0 Å². The van der Waals surface area contributed by atoms with Crippen LogP contribution in [0.1, 0.15) is 25.2 Å². The minimum Gasteiger partial charge on any atom is -0.479 e. The van der Waals surface area contributed by atoms with Gasteiger partial charge in [0.2, 0.25) is 0 Å². The lowest BCUT2D eigenvalue weighted by Gasteiger charge is -2.27. The van der Waals surface area contributed by atoms with Gasteiger partial charge in [-0.2, -0.15) is 0 Å². The number of nitrogens with zero attached hydrogens (tertiary/aromatic N) is 2. The largest absolute Gasteiger partial charge is 0.479 e. The summed E-state index contributed by atoms with van der Waals surface area (Å²) in [5.74, 6) is -0.483. The maximum Gasteiger partial charge on any atom is 0.408 e. The Kier molecular flexibility index (Phi) is 6.82. The third-order valence-corrected chi connectivity index (χ3v) is 5.69. The van der Waals surface area contributed by atoms with E-state index < -0.39 is 17.6 Å². The van der Waals surface area contributed by atoms with Crippen LogP contribution in [0.3, 0.4) is 0 Å². The lowest BCUT2D eigenvalue weighted by atomic mass is 10.0. The number of carbonyl (C=O) groups excluding carboxylic acids is 1. The van der Waals surface area contributed by atoms with Gasteiger partial charge in [0.05, 0.1) is 6.54 Å². The molecular formula is C17H19Br2N3O4. The van der Waals surface area contributed by atoms with Crippen LogP contribution in [0.5, 0.6) is 0 Å². The first-order chi connectivity index (χ1) is 12.3. The number of aliphatic carboxylic acids is 1. The zero-order valence-corrected chi connectivity index (χ0v) is 17.5. The fourth-order valence-electron chi connectivity index (χ4n) is 2.34. The normalized spacial score (nSPS) is 13.1. The van der Waals surface area contributed by atoms with E-state index in [2.05, 4.69) is 42.2 Å². The molecule has 7 nitrogen and oxygen atoms in total. The molecule has 1 aromatic carbocycles. The number of alkyl carbamates (subject to hydrolysis) is 1. The molecule has 2 rings (SSSR count). The number of ether oxygens (including phenoxy) is 1. The molecule has 0 spiro atoms. The van der Waals surface area contributed by atoms with E-state index in [0.29, 0.717) is 21.5 Å². The highest BCUT2D eigenvalue weighted by molar-refractivity contribution is 9.13. The van der Waals surface area contributed by atoms with E-state index in [1.165, 1.54) is 6.92 Å². The molecule has 1 aromatic heterocycles. The standard InChI is InChI=1S/C17H19Br2N3O4/c1-3-12-20-13(18)14(19)22(12)10-17(2,15(23)24)21-16(25)26-9-11-7-5-4-6-8-11/h4-8H,3,9-10H2,1-2H3,(H,21,25)(H,23,24). The Hall–Kier alpha value is -1.87. The Balaban J connectivity index is 2.11. The van der Waals surface area contributed by atoms with Crippen LogP contribution < -0.4 is 5.32 Å². The average Bonchev–Trinajstić information content (AvgIpc) is 2.88. The second kappa shape index (κ2) is 8.68. The molecular weight excluding hydrogens is 470 g/mol. The minimum atomic E-state index is -1.57. The second-order valence-corrected chi connectivity index (χ2v) is 7.38. The number of amides is 1.